The lowest BCUT2D eigenvalue weighted by atomic mass is 10.0. The van der Waals surface area contributed by atoms with Gasteiger partial charge in [0.1, 0.15) is 0 Å². The standard InChI is InChI=1S/C27H40O2/c1-20(2)10-7-11-21(3)12-8-13-22(4)14-9-15-23(5)16-17-25-18-24(6)27(29)26(28)19-25/h10,12,14,16,18-19,28-29H,7-9,11,13,15,17H2,1-6H3/b21-12+,22-14+,23-16+. The molecule has 0 unspecified atom stereocenters. The van der Waals surface area contributed by atoms with Crippen LogP contribution < -0.4 is 0 Å². The fraction of sp³-hybridized carbons (Fsp3) is 0.481. The topological polar surface area (TPSA) is 40.5 Å². The van der Waals surface area contributed by atoms with Gasteiger partial charge >= 0.3 is 0 Å². The monoisotopic (exact) mass is 396 g/mol. The molecule has 2 N–H and O–H groups in total. The molecule has 0 aliphatic rings. The number of aryl methyl sites for hydroxylation is 1. The van der Waals surface area contributed by atoms with Crippen molar-refractivity contribution in [3.05, 3.63) is 69.9 Å². The Labute approximate surface area is 178 Å². The normalized spacial score (nSPS) is 13.0. The molecule has 0 aliphatic carbocycles. The maximum atomic E-state index is 9.73. The Kier molecular flexibility index (Phi) is 11.2. The van der Waals surface area contributed by atoms with Gasteiger partial charge in [0.15, 0.2) is 11.5 Å². The van der Waals surface area contributed by atoms with Crippen molar-refractivity contribution in [2.75, 3.05) is 0 Å². The van der Waals surface area contributed by atoms with Gasteiger partial charge in [-0.3, -0.25) is 0 Å². The summed E-state index contributed by atoms with van der Waals surface area (Å²) in [5, 5.41) is 19.4. The van der Waals surface area contributed by atoms with Gasteiger partial charge in [0.05, 0.1) is 0 Å². The fourth-order valence-electron chi connectivity index (χ4n) is 3.23. The Balaban J connectivity index is 2.37. The molecule has 160 valence electrons. The smallest absolute Gasteiger partial charge is 0.160 e. The summed E-state index contributed by atoms with van der Waals surface area (Å²) in [6.45, 7) is 12.7. The molecule has 0 spiro atoms. The maximum absolute atomic E-state index is 9.73. The molecule has 0 bridgehead atoms. The molecular formula is C27H40O2. The molecule has 0 amide bonds. The van der Waals surface area contributed by atoms with Crippen molar-refractivity contribution in [3.63, 3.8) is 0 Å². The minimum atomic E-state index is -0.0363. The molecule has 0 aromatic heterocycles. The third-order valence-corrected chi connectivity index (χ3v) is 5.18. The first kappa shape index (κ1) is 24.8. The predicted octanol–water partition coefficient (Wildman–Crippen LogP) is 8.09. The van der Waals surface area contributed by atoms with Gasteiger partial charge in [0.2, 0.25) is 0 Å². The largest absolute Gasteiger partial charge is 0.504 e. The van der Waals surface area contributed by atoms with Crippen LogP contribution in [0.2, 0.25) is 0 Å². The Hall–Kier alpha value is -2.22. The fourth-order valence-corrected chi connectivity index (χ4v) is 3.23. The average molecular weight is 397 g/mol. The summed E-state index contributed by atoms with van der Waals surface area (Å²) in [4.78, 5) is 0. The summed E-state index contributed by atoms with van der Waals surface area (Å²) in [6.07, 6.45) is 16.7. The van der Waals surface area contributed by atoms with Crippen LogP contribution in [0.4, 0.5) is 0 Å². The Bertz CT molecular complexity index is 749. The quantitative estimate of drug-likeness (QED) is 0.293. The van der Waals surface area contributed by atoms with Crippen LogP contribution in [0.1, 0.15) is 84.3 Å². The Morgan fingerprint density at radius 2 is 1.21 bits per heavy atom. The highest BCUT2D eigenvalue weighted by atomic mass is 16.3. The van der Waals surface area contributed by atoms with Crippen molar-refractivity contribution in [2.24, 2.45) is 0 Å². The Morgan fingerprint density at radius 1 is 0.724 bits per heavy atom. The molecule has 29 heavy (non-hydrogen) atoms. The zero-order valence-electron chi connectivity index (χ0n) is 19.3. The molecule has 0 aliphatic heterocycles. The van der Waals surface area contributed by atoms with Crippen LogP contribution in [0.5, 0.6) is 11.5 Å². The number of hydrogen-bond acceptors (Lipinski definition) is 2. The number of benzene rings is 1. The van der Waals surface area contributed by atoms with Crippen molar-refractivity contribution >= 4 is 0 Å². The van der Waals surface area contributed by atoms with Gasteiger partial charge in [0, 0.05) is 0 Å². The number of hydrogen-bond donors (Lipinski definition) is 2. The average Bonchev–Trinajstić information content (AvgIpc) is 2.64. The van der Waals surface area contributed by atoms with Crippen LogP contribution in [0.25, 0.3) is 0 Å². The van der Waals surface area contributed by atoms with Crippen molar-refractivity contribution in [3.8, 4) is 11.5 Å². The molecule has 2 heteroatoms. The third-order valence-electron chi connectivity index (χ3n) is 5.18. The first-order valence-corrected chi connectivity index (χ1v) is 10.8. The second-order valence-electron chi connectivity index (χ2n) is 8.53. The first-order chi connectivity index (χ1) is 13.7. The molecule has 0 saturated heterocycles. The summed E-state index contributed by atoms with van der Waals surface area (Å²) in [7, 11) is 0. The molecule has 0 fully saturated rings. The third kappa shape index (κ3) is 10.8. The van der Waals surface area contributed by atoms with E-state index in [-0.39, 0.29) is 11.5 Å². The summed E-state index contributed by atoms with van der Waals surface area (Å²) < 4.78 is 0. The highest BCUT2D eigenvalue weighted by Crippen LogP contribution is 2.30. The van der Waals surface area contributed by atoms with Crippen LogP contribution in [-0.4, -0.2) is 10.2 Å². The molecule has 1 rings (SSSR count). The van der Waals surface area contributed by atoms with Crippen molar-refractivity contribution in [1.29, 1.82) is 0 Å². The minimum absolute atomic E-state index is 0.0204. The van der Waals surface area contributed by atoms with Crippen molar-refractivity contribution < 1.29 is 10.2 Å². The van der Waals surface area contributed by atoms with Gasteiger partial charge in [-0.1, -0.05) is 52.7 Å². The van der Waals surface area contributed by atoms with Crippen LogP contribution in [-0.2, 0) is 6.42 Å². The summed E-state index contributed by atoms with van der Waals surface area (Å²) >= 11 is 0. The van der Waals surface area contributed by atoms with E-state index in [0.29, 0.717) is 5.56 Å². The van der Waals surface area contributed by atoms with Crippen LogP contribution >= 0.6 is 0 Å². The second-order valence-corrected chi connectivity index (χ2v) is 8.53. The lowest BCUT2D eigenvalue weighted by molar-refractivity contribution is 0.400. The Morgan fingerprint density at radius 3 is 1.69 bits per heavy atom. The zero-order chi connectivity index (χ0) is 21.8. The van der Waals surface area contributed by atoms with Crippen LogP contribution in [0, 0.1) is 6.92 Å². The lowest BCUT2D eigenvalue weighted by Gasteiger charge is -2.06. The molecule has 0 heterocycles. The first-order valence-electron chi connectivity index (χ1n) is 10.8. The molecule has 0 radical (unpaired) electrons. The van der Waals surface area contributed by atoms with E-state index in [1.807, 2.05) is 13.0 Å². The van der Waals surface area contributed by atoms with Crippen LogP contribution in [0.15, 0.2) is 58.7 Å². The van der Waals surface area contributed by atoms with E-state index in [1.54, 1.807) is 6.07 Å². The van der Waals surface area contributed by atoms with Crippen molar-refractivity contribution in [2.45, 2.75) is 86.5 Å². The van der Waals surface area contributed by atoms with E-state index >= 15 is 0 Å². The van der Waals surface area contributed by atoms with E-state index in [0.717, 1.165) is 50.5 Å². The van der Waals surface area contributed by atoms with Crippen LogP contribution in [0.3, 0.4) is 0 Å². The highest BCUT2D eigenvalue weighted by molar-refractivity contribution is 5.47. The molecule has 1 aromatic rings. The van der Waals surface area contributed by atoms with E-state index in [4.69, 9.17) is 0 Å². The molecule has 0 saturated carbocycles. The summed E-state index contributed by atoms with van der Waals surface area (Å²) in [6, 6.07) is 3.57. The summed E-state index contributed by atoms with van der Waals surface area (Å²) in [5.74, 6) is -0.0566. The number of aromatic hydroxyl groups is 2. The summed E-state index contributed by atoms with van der Waals surface area (Å²) in [5.41, 5.74) is 7.45. The molecular weight excluding hydrogens is 356 g/mol. The van der Waals surface area contributed by atoms with Gasteiger partial charge in [-0.25, -0.2) is 0 Å². The minimum Gasteiger partial charge on any atom is -0.504 e. The van der Waals surface area contributed by atoms with E-state index in [9.17, 15) is 10.2 Å². The van der Waals surface area contributed by atoms with Gasteiger partial charge in [-0.2, -0.15) is 0 Å². The van der Waals surface area contributed by atoms with E-state index < -0.39 is 0 Å². The molecule has 1 aromatic carbocycles. The van der Waals surface area contributed by atoms with Gasteiger partial charge in [-0.05, 0) is 104 Å². The highest BCUT2D eigenvalue weighted by Gasteiger charge is 2.04. The second kappa shape index (κ2) is 13.1. The van der Waals surface area contributed by atoms with Gasteiger partial charge < -0.3 is 10.2 Å². The lowest BCUT2D eigenvalue weighted by Crippen LogP contribution is -1.87. The SMILES string of the molecule is CC(C)=CCC/C(C)=C/CC/C(C)=C/CC/C(C)=C/Cc1cc(C)c(O)c(O)c1. The number of phenols is 2. The molecule has 2 nitrogen and oxygen atoms in total. The number of rotatable bonds is 11. The van der Waals surface area contributed by atoms with Gasteiger partial charge in [0.25, 0.3) is 0 Å². The van der Waals surface area contributed by atoms with Gasteiger partial charge in [-0.15, -0.1) is 0 Å². The maximum Gasteiger partial charge on any atom is 0.160 e. The van der Waals surface area contributed by atoms with E-state index in [2.05, 4.69) is 58.9 Å². The number of allylic oxidation sites excluding steroid dienone is 8. The predicted molar refractivity (Wildman–Crippen MR) is 127 cm³/mol. The zero-order valence-corrected chi connectivity index (χ0v) is 19.3. The van der Waals surface area contributed by atoms with Crippen molar-refractivity contribution in [1.82, 2.24) is 0 Å². The van der Waals surface area contributed by atoms with E-state index in [1.165, 1.54) is 22.3 Å². The molecule has 0 atom stereocenters. The number of phenolic OH excluding ortho intramolecular Hbond substituents is 2.